The molecule has 0 aromatic heterocycles. The number of carbonyl (C=O) groups excluding carboxylic acids is 4. The van der Waals surface area contributed by atoms with Crippen LogP contribution in [0.1, 0.15) is 58.6 Å². The lowest BCUT2D eigenvalue weighted by atomic mass is 9.75. The molecule has 0 aliphatic heterocycles. The second-order valence-electron chi connectivity index (χ2n) is 9.42. The van der Waals surface area contributed by atoms with Crippen molar-refractivity contribution < 1.29 is 30.1 Å². The van der Waals surface area contributed by atoms with Crippen LogP contribution in [0.25, 0.3) is 0 Å². The van der Waals surface area contributed by atoms with Crippen LogP contribution in [-0.4, -0.2) is 49.1 Å². The first-order chi connectivity index (χ1) is 18.9. The molecular formula is C29H36Cl2N2O6. The van der Waals surface area contributed by atoms with Crippen LogP contribution in [0.3, 0.4) is 0 Å². The average Bonchev–Trinajstić information content (AvgIpc) is 2.91. The van der Waals surface area contributed by atoms with Crippen LogP contribution in [-0.2, 0) is 34.1 Å². The zero-order valence-corrected chi connectivity index (χ0v) is 24.3. The van der Waals surface area contributed by atoms with Crippen molar-refractivity contribution in [2.75, 3.05) is 13.2 Å². The molecule has 0 spiro atoms. The minimum atomic E-state index is -1.38. The van der Waals surface area contributed by atoms with E-state index in [0.717, 1.165) is 0 Å². The number of hydrogen-bond acceptors (Lipinski definition) is 6. The fraction of sp³-hybridized carbons (Fsp3) is 0.448. The maximum atomic E-state index is 14.1. The largest absolute Gasteiger partial charge is 0.466 e. The summed E-state index contributed by atoms with van der Waals surface area (Å²) in [5.41, 5.74) is -0.263. The zero-order chi connectivity index (χ0) is 30.0. The van der Waals surface area contributed by atoms with Crippen LogP contribution in [0.5, 0.6) is 0 Å². The van der Waals surface area contributed by atoms with E-state index in [1.165, 1.54) is 0 Å². The SMILES string of the molecule is [2H]N(C(=O)C(C)(c1ccc(Cl)cc1)c1ccc(Cl)cc1)[C@H](C(=O)N[C@@H](CCC(=O)OCC)C(=O)OCC)C(C)C. The molecule has 8 nitrogen and oxygen atoms in total. The van der Waals surface area contributed by atoms with Crippen molar-refractivity contribution in [1.29, 1.82) is 0 Å². The Morgan fingerprint density at radius 1 is 0.897 bits per heavy atom. The maximum Gasteiger partial charge on any atom is 0.328 e. The lowest BCUT2D eigenvalue weighted by Gasteiger charge is -2.33. The van der Waals surface area contributed by atoms with Gasteiger partial charge in [-0.3, -0.25) is 14.4 Å². The summed E-state index contributed by atoms with van der Waals surface area (Å²) in [4.78, 5) is 52.1. The molecule has 0 bridgehead atoms. The van der Waals surface area contributed by atoms with Gasteiger partial charge in [0.2, 0.25) is 11.8 Å². The molecule has 2 aromatic rings. The summed E-state index contributed by atoms with van der Waals surface area (Å²) in [5.74, 6) is -3.16. The molecule has 2 aromatic carbocycles. The van der Waals surface area contributed by atoms with E-state index in [1.807, 2.05) is 0 Å². The first-order valence-electron chi connectivity index (χ1n) is 13.3. The number of halogens is 2. The fourth-order valence-electron chi connectivity index (χ4n) is 3.99. The highest BCUT2D eigenvalue weighted by Gasteiger charge is 2.40. The molecule has 0 saturated heterocycles. The van der Waals surface area contributed by atoms with Crippen LogP contribution in [0, 0.1) is 5.92 Å². The van der Waals surface area contributed by atoms with Gasteiger partial charge >= 0.3 is 11.9 Å². The summed E-state index contributed by atoms with van der Waals surface area (Å²) in [6.07, 6.45) is -0.188. The van der Waals surface area contributed by atoms with Gasteiger partial charge in [-0.15, -0.1) is 0 Å². The first kappa shape index (κ1) is 30.4. The summed E-state index contributed by atoms with van der Waals surface area (Å²) in [7, 11) is 0. The van der Waals surface area contributed by atoms with E-state index in [0.29, 0.717) is 26.5 Å². The van der Waals surface area contributed by atoms with Crippen molar-refractivity contribution >= 4 is 47.0 Å². The molecule has 0 unspecified atom stereocenters. The molecule has 0 radical (unpaired) electrons. The van der Waals surface area contributed by atoms with Crippen LogP contribution in [0.15, 0.2) is 48.5 Å². The average molecular weight is 581 g/mol. The summed E-state index contributed by atoms with van der Waals surface area (Å²) >= 11 is 12.2. The van der Waals surface area contributed by atoms with E-state index in [1.54, 1.807) is 83.1 Å². The van der Waals surface area contributed by atoms with Gasteiger partial charge in [0.15, 0.2) is 1.41 Å². The smallest absolute Gasteiger partial charge is 0.328 e. The molecule has 0 fully saturated rings. The van der Waals surface area contributed by atoms with Crippen molar-refractivity contribution in [2.45, 2.75) is 65.0 Å². The highest BCUT2D eigenvalue weighted by atomic mass is 35.5. The molecule has 0 saturated carbocycles. The second kappa shape index (κ2) is 14.9. The topological polar surface area (TPSA) is 111 Å². The highest BCUT2D eigenvalue weighted by Crippen LogP contribution is 2.34. The predicted molar refractivity (Wildman–Crippen MR) is 151 cm³/mol. The monoisotopic (exact) mass is 579 g/mol. The number of rotatable bonds is 13. The number of nitrogens with one attached hydrogen (secondary N) is 2. The van der Waals surface area contributed by atoms with Crippen LogP contribution in [0.4, 0.5) is 0 Å². The Kier molecular flexibility index (Phi) is 11.6. The molecule has 0 heterocycles. The van der Waals surface area contributed by atoms with E-state index in [9.17, 15) is 19.2 Å². The van der Waals surface area contributed by atoms with Crippen molar-refractivity contribution in [3.8, 4) is 0 Å². The van der Waals surface area contributed by atoms with Gasteiger partial charge < -0.3 is 20.1 Å². The van der Waals surface area contributed by atoms with E-state index < -0.39 is 47.2 Å². The molecule has 2 atom stereocenters. The van der Waals surface area contributed by atoms with Crippen molar-refractivity contribution in [3.05, 3.63) is 69.7 Å². The Labute approximate surface area is 241 Å². The zero-order valence-electron chi connectivity index (χ0n) is 23.8. The standard InChI is InChI=1S/C29H36Cl2N2O6/c1-6-38-24(34)17-16-23(27(36)39-7-2)32-26(35)25(18(3)4)33-28(37)29(5,19-8-12-21(30)13-9-19)20-10-14-22(31)15-11-20/h8-15,18,23,25H,6-7,16-17H2,1-5H3,(H,32,35)(H,33,37)/t23-,25-/m0/s1/i/hD. The van der Waals surface area contributed by atoms with Crippen molar-refractivity contribution in [1.82, 2.24) is 10.6 Å². The third kappa shape index (κ3) is 8.70. The van der Waals surface area contributed by atoms with Gasteiger partial charge in [0.05, 0.1) is 18.6 Å². The predicted octanol–water partition coefficient (Wildman–Crippen LogP) is 4.83. The number of esters is 2. The van der Waals surface area contributed by atoms with Crippen LogP contribution >= 0.6 is 23.2 Å². The van der Waals surface area contributed by atoms with E-state index in [4.69, 9.17) is 34.1 Å². The highest BCUT2D eigenvalue weighted by molar-refractivity contribution is 6.30. The fourth-order valence-corrected chi connectivity index (χ4v) is 4.24. The van der Waals surface area contributed by atoms with Crippen molar-refractivity contribution in [3.63, 3.8) is 0 Å². The van der Waals surface area contributed by atoms with Gasteiger partial charge in [0.25, 0.3) is 0 Å². The number of benzene rings is 2. The molecule has 0 aliphatic rings. The lowest BCUT2D eigenvalue weighted by molar-refractivity contribution is -0.149. The normalized spacial score (nSPS) is 13.2. The molecular weight excluding hydrogens is 543 g/mol. The molecule has 0 aliphatic carbocycles. The molecule has 2 amide bonds. The Hall–Kier alpha value is -3.10. The number of carbonyl (C=O) groups is 4. The summed E-state index contributed by atoms with van der Waals surface area (Å²) in [6, 6.07) is 10.9. The van der Waals surface area contributed by atoms with Crippen LogP contribution < -0.4 is 10.6 Å². The van der Waals surface area contributed by atoms with Gasteiger partial charge in [0, 0.05) is 16.5 Å². The Balaban J connectivity index is 2.43. The third-order valence-corrected chi connectivity index (χ3v) is 6.76. The number of hydrogen-bond donors (Lipinski definition) is 2. The summed E-state index contributed by atoms with van der Waals surface area (Å²) in [6.45, 7) is 8.59. The first-order valence-corrected chi connectivity index (χ1v) is 13.6. The lowest BCUT2D eigenvalue weighted by Crippen LogP contribution is -2.57. The van der Waals surface area contributed by atoms with Crippen molar-refractivity contribution in [2.24, 2.45) is 5.92 Å². The van der Waals surface area contributed by atoms with Gasteiger partial charge in [-0.25, -0.2) is 4.79 Å². The third-order valence-electron chi connectivity index (χ3n) is 6.26. The summed E-state index contributed by atoms with van der Waals surface area (Å²) < 4.78 is 18.9. The second-order valence-corrected chi connectivity index (χ2v) is 10.3. The molecule has 212 valence electrons. The molecule has 39 heavy (non-hydrogen) atoms. The van der Waals surface area contributed by atoms with E-state index in [-0.39, 0.29) is 26.1 Å². The number of ether oxygens (including phenoxy) is 2. The minimum absolute atomic E-state index is 0.0621. The summed E-state index contributed by atoms with van der Waals surface area (Å²) in [5, 5.41) is 4.19. The molecule has 2 N–H and O–H groups in total. The Bertz CT molecular complexity index is 1130. The van der Waals surface area contributed by atoms with E-state index in [2.05, 4.69) is 5.32 Å². The quantitative estimate of drug-likeness (QED) is 0.329. The maximum absolute atomic E-state index is 14.1. The number of amides is 2. The minimum Gasteiger partial charge on any atom is -0.466 e. The Morgan fingerprint density at radius 2 is 1.38 bits per heavy atom. The molecule has 2 rings (SSSR count). The van der Waals surface area contributed by atoms with Gasteiger partial charge in [-0.1, -0.05) is 61.3 Å². The van der Waals surface area contributed by atoms with Gasteiger partial charge in [0.1, 0.15) is 12.1 Å². The van der Waals surface area contributed by atoms with Gasteiger partial charge in [-0.05, 0) is 68.5 Å². The van der Waals surface area contributed by atoms with Gasteiger partial charge in [-0.2, -0.15) is 0 Å². The van der Waals surface area contributed by atoms with Crippen LogP contribution in [0.2, 0.25) is 11.5 Å². The Morgan fingerprint density at radius 3 is 1.82 bits per heavy atom. The van der Waals surface area contributed by atoms with E-state index >= 15 is 0 Å². The molecule has 10 heteroatoms.